The van der Waals surface area contributed by atoms with Gasteiger partial charge in [-0.1, -0.05) is 23.7 Å². The van der Waals surface area contributed by atoms with Crippen molar-refractivity contribution in [1.29, 1.82) is 0 Å². The molecular weight excluding hydrogens is 466 g/mol. The van der Waals surface area contributed by atoms with Crippen LogP contribution in [-0.4, -0.2) is 46.4 Å². The Bertz CT molecular complexity index is 1260. The summed E-state index contributed by atoms with van der Waals surface area (Å²) < 4.78 is 5.25. The van der Waals surface area contributed by atoms with Crippen molar-refractivity contribution in [3.05, 3.63) is 70.4 Å². The fourth-order valence-electron chi connectivity index (χ4n) is 4.01. The molecule has 0 bridgehead atoms. The lowest BCUT2D eigenvalue weighted by Crippen LogP contribution is -2.38. The molecule has 0 unspecified atom stereocenters. The highest BCUT2D eigenvalue weighted by atomic mass is 35.5. The highest BCUT2D eigenvalue weighted by Gasteiger charge is 2.30. The summed E-state index contributed by atoms with van der Waals surface area (Å²) in [5.74, 6) is 0.755. The van der Waals surface area contributed by atoms with Crippen molar-refractivity contribution in [2.45, 2.75) is 39.4 Å². The molecule has 1 aliphatic heterocycles. The number of halogens is 1. The smallest absolute Gasteiger partial charge is 0.254 e. The van der Waals surface area contributed by atoms with Gasteiger partial charge in [-0.15, -0.1) is 0 Å². The molecule has 0 saturated heterocycles. The van der Waals surface area contributed by atoms with Gasteiger partial charge >= 0.3 is 0 Å². The average Bonchev–Trinajstić information content (AvgIpc) is 3.11. The second-order valence-electron chi connectivity index (χ2n) is 8.78. The van der Waals surface area contributed by atoms with Gasteiger partial charge in [0.05, 0.1) is 23.9 Å². The molecule has 0 aliphatic carbocycles. The van der Waals surface area contributed by atoms with Crippen LogP contribution < -0.4 is 15.4 Å². The topological polar surface area (TPSA) is 96.4 Å². The minimum absolute atomic E-state index is 0.0509. The van der Waals surface area contributed by atoms with E-state index in [1.54, 1.807) is 31.5 Å². The number of methoxy groups -OCH3 is 1. The lowest BCUT2D eigenvalue weighted by Gasteiger charge is -2.19. The largest absolute Gasteiger partial charge is 0.497 e. The normalized spacial score (nSPS) is 13.5. The Morgan fingerprint density at radius 3 is 2.71 bits per heavy atom. The van der Waals surface area contributed by atoms with E-state index in [4.69, 9.17) is 16.3 Å². The average molecular weight is 494 g/mol. The van der Waals surface area contributed by atoms with Crippen molar-refractivity contribution in [2.24, 2.45) is 0 Å². The molecule has 2 heterocycles. The fraction of sp³-hybridized carbons (Fsp3) is 0.308. The first-order valence-electron chi connectivity index (χ1n) is 11.4. The van der Waals surface area contributed by atoms with Gasteiger partial charge < -0.3 is 20.3 Å². The van der Waals surface area contributed by atoms with Crippen molar-refractivity contribution < 1.29 is 14.3 Å². The third kappa shape index (κ3) is 5.54. The van der Waals surface area contributed by atoms with Crippen LogP contribution in [0.3, 0.4) is 0 Å². The zero-order valence-electron chi connectivity index (χ0n) is 20.1. The molecule has 3 aromatic rings. The molecule has 2 N–H and O–H groups in total. The molecule has 8 nitrogen and oxygen atoms in total. The first kappa shape index (κ1) is 24.5. The van der Waals surface area contributed by atoms with Crippen molar-refractivity contribution in [1.82, 2.24) is 20.2 Å². The Morgan fingerprint density at radius 2 is 1.97 bits per heavy atom. The Labute approximate surface area is 209 Å². The number of hydrogen-bond acceptors (Lipinski definition) is 6. The van der Waals surface area contributed by atoms with E-state index in [1.807, 2.05) is 45.0 Å². The zero-order valence-corrected chi connectivity index (χ0v) is 20.9. The predicted molar refractivity (Wildman–Crippen MR) is 136 cm³/mol. The molecule has 1 atom stereocenters. The van der Waals surface area contributed by atoms with Crippen molar-refractivity contribution in [3.63, 3.8) is 0 Å². The Balaban J connectivity index is 1.47. The number of carbonyl (C=O) groups is 2. The van der Waals surface area contributed by atoms with E-state index in [1.165, 1.54) is 4.90 Å². The molecule has 9 heteroatoms. The highest BCUT2D eigenvalue weighted by molar-refractivity contribution is 6.33. The van der Waals surface area contributed by atoms with Gasteiger partial charge in [0.15, 0.2) is 0 Å². The summed E-state index contributed by atoms with van der Waals surface area (Å²) in [4.78, 5) is 36.1. The molecule has 182 valence electrons. The van der Waals surface area contributed by atoms with Crippen LogP contribution in [0.1, 0.15) is 48.3 Å². The van der Waals surface area contributed by atoms with E-state index in [9.17, 15) is 9.59 Å². The molecule has 35 heavy (non-hydrogen) atoms. The van der Waals surface area contributed by atoms with Crippen LogP contribution in [0.2, 0.25) is 5.02 Å². The molecule has 0 spiro atoms. The van der Waals surface area contributed by atoms with Gasteiger partial charge in [-0.05, 0) is 62.2 Å². The Kier molecular flexibility index (Phi) is 7.21. The fourth-order valence-corrected chi connectivity index (χ4v) is 4.29. The number of benzene rings is 2. The van der Waals surface area contributed by atoms with Crippen LogP contribution in [0.15, 0.2) is 48.7 Å². The van der Waals surface area contributed by atoms with E-state index in [2.05, 4.69) is 20.6 Å². The number of carbonyl (C=O) groups excluding carboxylic acids is 2. The van der Waals surface area contributed by atoms with Crippen molar-refractivity contribution in [3.8, 4) is 17.0 Å². The lowest BCUT2D eigenvalue weighted by molar-refractivity contribution is -0.122. The molecule has 0 radical (unpaired) electrons. The number of ether oxygens (including phenoxy) is 1. The number of nitrogens with zero attached hydrogens (tertiary/aromatic N) is 3. The molecular formula is C26H28ClN5O3. The number of hydrogen-bond donors (Lipinski definition) is 2. The van der Waals surface area contributed by atoms with E-state index >= 15 is 0 Å². The number of aromatic nitrogens is 2. The quantitative estimate of drug-likeness (QED) is 0.481. The van der Waals surface area contributed by atoms with Gasteiger partial charge in [0, 0.05) is 29.9 Å². The Hall–Kier alpha value is -3.65. The maximum atomic E-state index is 13.1. The van der Waals surface area contributed by atoms with Crippen molar-refractivity contribution in [2.75, 3.05) is 19.0 Å². The van der Waals surface area contributed by atoms with E-state index in [0.717, 1.165) is 16.9 Å². The number of nitrogens with one attached hydrogen (secondary N) is 2. The minimum Gasteiger partial charge on any atom is -0.497 e. The third-order valence-electron chi connectivity index (χ3n) is 5.73. The number of anilines is 1. The highest BCUT2D eigenvalue weighted by Crippen LogP contribution is 2.34. The predicted octanol–water partition coefficient (Wildman–Crippen LogP) is 4.46. The van der Waals surface area contributed by atoms with Gasteiger partial charge in [-0.2, -0.15) is 0 Å². The van der Waals surface area contributed by atoms with Crippen LogP contribution in [-0.2, 0) is 11.3 Å². The molecule has 1 aromatic heterocycles. The van der Waals surface area contributed by atoms with Crippen LogP contribution in [0, 0.1) is 0 Å². The van der Waals surface area contributed by atoms with E-state index in [-0.39, 0.29) is 30.4 Å². The minimum atomic E-state index is -0.243. The van der Waals surface area contributed by atoms with Gasteiger partial charge in [0.25, 0.3) is 5.91 Å². The van der Waals surface area contributed by atoms with Gasteiger partial charge in [-0.3, -0.25) is 9.59 Å². The molecule has 2 amide bonds. The summed E-state index contributed by atoms with van der Waals surface area (Å²) >= 11 is 6.56. The number of fused-ring (bicyclic) bond motifs is 1. The SMILES string of the molecule is COc1cccc([C@@H](C)NC(=O)CN2Cc3cc(Cl)c(-c4ccnc(NC(C)C)n4)cc3C2=O)c1. The zero-order chi connectivity index (χ0) is 25.1. The first-order valence-corrected chi connectivity index (χ1v) is 11.8. The monoisotopic (exact) mass is 493 g/mol. The summed E-state index contributed by atoms with van der Waals surface area (Å²) in [6, 6.07) is 12.7. The summed E-state index contributed by atoms with van der Waals surface area (Å²) in [5, 5.41) is 6.61. The first-order chi connectivity index (χ1) is 16.7. The summed E-state index contributed by atoms with van der Waals surface area (Å²) in [6.07, 6.45) is 1.65. The van der Waals surface area contributed by atoms with Gasteiger partial charge in [-0.25, -0.2) is 9.97 Å². The van der Waals surface area contributed by atoms with Gasteiger partial charge in [0.1, 0.15) is 12.3 Å². The van der Waals surface area contributed by atoms with Gasteiger partial charge in [0.2, 0.25) is 11.9 Å². The summed E-state index contributed by atoms with van der Waals surface area (Å²) in [6.45, 7) is 6.16. The molecule has 2 aromatic carbocycles. The standard InChI is InChI=1S/C26H28ClN5O3/c1-15(2)29-26-28-9-8-23(31-26)21-12-20-18(11-22(21)27)13-32(25(20)34)14-24(33)30-16(3)17-6-5-7-19(10-17)35-4/h5-12,15-16H,13-14H2,1-4H3,(H,30,33)(H,28,29,31)/t16-/m1/s1. The summed E-state index contributed by atoms with van der Waals surface area (Å²) in [7, 11) is 1.60. The Morgan fingerprint density at radius 1 is 1.17 bits per heavy atom. The number of rotatable bonds is 8. The van der Waals surface area contributed by atoms with Crippen LogP contribution in [0.25, 0.3) is 11.3 Å². The van der Waals surface area contributed by atoms with Crippen LogP contribution in [0.5, 0.6) is 5.75 Å². The molecule has 0 saturated carbocycles. The maximum absolute atomic E-state index is 13.1. The second-order valence-corrected chi connectivity index (χ2v) is 9.19. The molecule has 1 aliphatic rings. The molecule has 4 rings (SSSR count). The van der Waals surface area contributed by atoms with Crippen LogP contribution in [0.4, 0.5) is 5.95 Å². The van der Waals surface area contributed by atoms with E-state index in [0.29, 0.717) is 34.3 Å². The second kappa shape index (κ2) is 10.3. The van der Waals surface area contributed by atoms with E-state index < -0.39 is 0 Å². The maximum Gasteiger partial charge on any atom is 0.254 e. The number of amides is 2. The van der Waals surface area contributed by atoms with Crippen molar-refractivity contribution >= 4 is 29.4 Å². The summed E-state index contributed by atoms with van der Waals surface area (Å²) in [5.41, 5.74) is 3.49. The molecule has 0 fully saturated rings. The lowest BCUT2D eigenvalue weighted by atomic mass is 10.0. The third-order valence-corrected chi connectivity index (χ3v) is 6.04. The van der Waals surface area contributed by atoms with Crippen LogP contribution >= 0.6 is 11.6 Å².